The van der Waals surface area contributed by atoms with Crippen molar-refractivity contribution in [1.29, 1.82) is 0 Å². The van der Waals surface area contributed by atoms with Crippen molar-refractivity contribution < 1.29 is 29.0 Å². The van der Waals surface area contributed by atoms with Crippen LogP contribution in [0.2, 0.25) is 18.6 Å². The Morgan fingerprint density at radius 3 is 2.56 bits per heavy atom. The van der Waals surface area contributed by atoms with Crippen LogP contribution in [0.5, 0.6) is 5.75 Å². The molecule has 2 aromatic rings. The molecule has 6 rings (SSSR count). The van der Waals surface area contributed by atoms with Crippen molar-refractivity contribution in [1.82, 2.24) is 4.90 Å². The molecular weight excluding hydrogens is 586 g/mol. The number of benzene rings is 2. The number of anilines is 2. The summed E-state index contributed by atoms with van der Waals surface area (Å²) in [7, 11) is -0.782. The normalized spacial score (nSPS) is 28.0. The maximum absolute atomic E-state index is 14.7. The molecule has 0 saturated carbocycles. The second-order valence-electron chi connectivity index (χ2n) is 13.5. The maximum atomic E-state index is 14.7. The number of fused-ring (bicyclic) bond motifs is 2. The first-order valence-corrected chi connectivity index (χ1v) is 19.3. The van der Waals surface area contributed by atoms with E-state index in [9.17, 15) is 19.5 Å². The monoisotopic (exact) mass is 631 g/mol. The van der Waals surface area contributed by atoms with E-state index in [0.717, 1.165) is 42.0 Å². The van der Waals surface area contributed by atoms with Gasteiger partial charge in [0, 0.05) is 43.2 Å². The van der Waals surface area contributed by atoms with Crippen molar-refractivity contribution in [3.8, 4) is 5.75 Å². The zero-order valence-electron chi connectivity index (χ0n) is 26.8. The molecule has 0 aliphatic carbocycles. The first kappa shape index (κ1) is 31.5. The third-order valence-electron chi connectivity index (χ3n) is 10.8. The summed E-state index contributed by atoms with van der Waals surface area (Å²) in [5.74, 6) is 0.390. The summed E-state index contributed by atoms with van der Waals surface area (Å²) >= 11 is 0. The topological polar surface area (TPSA) is 99.6 Å². The molecule has 45 heavy (non-hydrogen) atoms. The maximum Gasteiger partial charge on any atom is 0.264 e. The molecule has 3 saturated heterocycles. The van der Waals surface area contributed by atoms with E-state index in [1.54, 1.807) is 27.9 Å². The third-order valence-corrected chi connectivity index (χ3v) is 15.2. The van der Waals surface area contributed by atoms with Gasteiger partial charge in [0.1, 0.15) is 5.75 Å². The number of aliphatic hydroxyl groups is 1. The molecule has 0 aromatic heterocycles. The fourth-order valence-corrected chi connectivity index (χ4v) is 12.6. The number of amides is 3. The second kappa shape index (κ2) is 12.0. The fraction of sp³-hybridized carbons (Fsp3) is 0.514. The third kappa shape index (κ3) is 5.01. The minimum Gasteiger partial charge on any atom is -0.497 e. The summed E-state index contributed by atoms with van der Waals surface area (Å²) in [5.41, 5.74) is 0.877. The van der Waals surface area contributed by atoms with Crippen LogP contribution in [0, 0.1) is 5.92 Å². The average molecular weight is 632 g/mol. The molecule has 0 bridgehead atoms. The summed E-state index contributed by atoms with van der Waals surface area (Å²) in [6.45, 7) is 12.1. The predicted molar refractivity (Wildman–Crippen MR) is 177 cm³/mol. The molecule has 3 amide bonds. The van der Waals surface area contributed by atoms with Crippen LogP contribution in [0.25, 0.3) is 0 Å². The van der Waals surface area contributed by atoms with Crippen LogP contribution in [0.4, 0.5) is 11.4 Å². The number of hydrogen-bond donors (Lipinski definition) is 1. The Labute approximate surface area is 266 Å². The number of likely N-dealkylation sites (tertiary alicyclic amines) is 1. The van der Waals surface area contributed by atoms with Gasteiger partial charge >= 0.3 is 0 Å². The number of rotatable bonds is 9. The Balaban J connectivity index is 1.47. The number of methoxy groups -OCH3 is 1. The molecular formula is C35H45N3O6Si. The van der Waals surface area contributed by atoms with Crippen molar-refractivity contribution in [2.24, 2.45) is 5.92 Å². The lowest BCUT2D eigenvalue weighted by Gasteiger charge is -2.37. The van der Waals surface area contributed by atoms with E-state index >= 15 is 0 Å². The lowest BCUT2D eigenvalue weighted by atomic mass is 9.82. The number of carbonyl (C=O) groups excluding carboxylic acids is 3. The molecule has 0 unspecified atom stereocenters. The van der Waals surface area contributed by atoms with Gasteiger partial charge in [-0.15, -0.1) is 6.58 Å². The quantitative estimate of drug-likeness (QED) is 0.333. The van der Waals surface area contributed by atoms with Crippen LogP contribution in [-0.4, -0.2) is 81.3 Å². The van der Waals surface area contributed by atoms with Crippen molar-refractivity contribution in [2.45, 2.75) is 75.4 Å². The highest BCUT2D eigenvalue weighted by molar-refractivity contribution is 6.91. The highest BCUT2D eigenvalue weighted by Crippen LogP contribution is 2.60. The van der Waals surface area contributed by atoms with E-state index in [1.807, 2.05) is 30.3 Å². The molecule has 1 N–H and O–H groups in total. The van der Waals surface area contributed by atoms with Gasteiger partial charge in [-0.05, 0) is 55.1 Å². The molecule has 4 aliphatic rings. The number of hydrogen-bond acceptors (Lipinski definition) is 6. The summed E-state index contributed by atoms with van der Waals surface area (Å²) < 4.78 is 12.6. The second-order valence-corrected chi connectivity index (χ2v) is 18.2. The van der Waals surface area contributed by atoms with Crippen LogP contribution in [-0.2, 0) is 24.7 Å². The molecule has 2 aromatic carbocycles. The SMILES string of the molecule is C=CCN1C(=O)[C@@]2(O[C@@H](CC(=O)N3CCC[C@H]3CO)[C@H]([Si](C)(C)c3ccc(OC)cc3)[C@H]2C)c2cc(N3CCCC3=O)ccc21. The highest BCUT2D eigenvalue weighted by atomic mass is 28.3. The van der Waals surface area contributed by atoms with Gasteiger partial charge in [0.2, 0.25) is 11.8 Å². The van der Waals surface area contributed by atoms with Gasteiger partial charge in [-0.1, -0.05) is 43.4 Å². The number of aliphatic hydroxyl groups excluding tert-OH is 1. The molecule has 10 heteroatoms. The smallest absolute Gasteiger partial charge is 0.264 e. The van der Waals surface area contributed by atoms with Gasteiger partial charge in [-0.25, -0.2) is 0 Å². The van der Waals surface area contributed by atoms with Crippen LogP contribution in [0.15, 0.2) is 55.1 Å². The highest BCUT2D eigenvalue weighted by Gasteiger charge is 2.66. The molecule has 1 spiro atoms. The van der Waals surface area contributed by atoms with Gasteiger partial charge < -0.3 is 29.3 Å². The minimum atomic E-state index is -2.43. The van der Waals surface area contributed by atoms with Crippen LogP contribution in [0.3, 0.4) is 0 Å². The molecule has 4 heterocycles. The summed E-state index contributed by atoms with van der Waals surface area (Å²) in [6, 6.07) is 13.8. The first-order valence-electron chi connectivity index (χ1n) is 16.2. The van der Waals surface area contributed by atoms with Gasteiger partial charge in [0.15, 0.2) is 5.60 Å². The van der Waals surface area contributed by atoms with Crippen molar-refractivity contribution in [3.05, 3.63) is 60.7 Å². The van der Waals surface area contributed by atoms with Gasteiger partial charge in [0.05, 0.1) is 46.0 Å². The predicted octanol–water partition coefficient (Wildman–Crippen LogP) is 3.94. The zero-order valence-corrected chi connectivity index (χ0v) is 27.8. The lowest BCUT2D eigenvalue weighted by molar-refractivity contribution is -0.149. The Bertz CT molecular complexity index is 1490. The summed E-state index contributed by atoms with van der Waals surface area (Å²) in [5, 5.41) is 11.2. The summed E-state index contributed by atoms with van der Waals surface area (Å²) in [4.78, 5) is 46.7. The van der Waals surface area contributed by atoms with Crippen LogP contribution < -0.4 is 19.7 Å². The van der Waals surface area contributed by atoms with Gasteiger partial charge in [-0.3, -0.25) is 14.4 Å². The Morgan fingerprint density at radius 1 is 1.16 bits per heavy atom. The molecule has 3 fully saturated rings. The molecule has 9 nitrogen and oxygen atoms in total. The van der Waals surface area contributed by atoms with E-state index in [0.29, 0.717) is 26.1 Å². The number of ether oxygens (including phenoxy) is 2. The fourth-order valence-electron chi connectivity index (χ4n) is 8.54. The van der Waals surface area contributed by atoms with E-state index in [-0.39, 0.29) is 48.3 Å². The largest absolute Gasteiger partial charge is 0.497 e. The minimum absolute atomic E-state index is 0.0460. The van der Waals surface area contributed by atoms with E-state index in [4.69, 9.17) is 9.47 Å². The van der Waals surface area contributed by atoms with E-state index in [1.165, 1.54) is 5.19 Å². The Morgan fingerprint density at radius 2 is 1.91 bits per heavy atom. The number of carbonyl (C=O) groups is 3. The molecule has 5 atom stereocenters. The van der Waals surface area contributed by atoms with Gasteiger partial charge in [0.25, 0.3) is 5.91 Å². The van der Waals surface area contributed by atoms with E-state index < -0.39 is 19.8 Å². The van der Waals surface area contributed by atoms with Crippen LogP contribution in [0.1, 0.15) is 44.6 Å². The summed E-state index contributed by atoms with van der Waals surface area (Å²) in [6.07, 6.45) is 4.28. The first-order chi connectivity index (χ1) is 21.6. The van der Waals surface area contributed by atoms with Crippen molar-refractivity contribution in [3.63, 3.8) is 0 Å². The van der Waals surface area contributed by atoms with E-state index in [2.05, 4.69) is 38.7 Å². The van der Waals surface area contributed by atoms with Crippen molar-refractivity contribution >= 4 is 42.4 Å². The molecule has 240 valence electrons. The van der Waals surface area contributed by atoms with Gasteiger partial charge in [-0.2, -0.15) is 0 Å². The van der Waals surface area contributed by atoms with Crippen molar-refractivity contribution in [2.75, 3.05) is 43.2 Å². The zero-order chi connectivity index (χ0) is 32.1. The lowest BCUT2D eigenvalue weighted by Crippen LogP contribution is -2.52. The molecule has 0 radical (unpaired) electrons. The van der Waals surface area contributed by atoms with Crippen LogP contribution >= 0.6 is 0 Å². The Kier molecular flexibility index (Phi) is 8.43. The standard InChI is InChI=1S/C35H45N3O6Si/c1-6-17-38-29-16-11-24(36-19-8-10-31(36)40)20-28(29)35(34(38)42)23(2)33(45(4,5)27-14-12-26(43-3)13-15-27)30(44-35)21-32(41)37-18-7-9-25(37)22-39/h6,11-16,20,23,25,30,33,39H,1,7-10,17-19,21-22H2,2-5H3/t23-,25+,30+,33-,35+/m1/s1. The number of nitrogens with zero attached hydrogens (tertiary/aromatic N) is 3. The Hall–Kier alpha value is -3.47. The average Bonchev–Trinajstić information content (AvgIpc) is 3.80. The molecule has 4 aliphatic heterocycles.